The molecule has 2 aromatic carbocycles. The third kappa shape index (κ3) is 3.99. The number of fused-ring (bicyclic) bond motifs is 1. The third-order valence-corrected chi connectivity index (χ3v) is 4.68. The number of carbonyl (C=O) groups excluding carboxylic acids is 1. The molecule has 0 radical (unpaired) electrons. The first-order valence-corrected chi connectivity index (χ1v) is 9.24. The number of aliphatic hydroxyl groups excluding tert-OH is 1. The largest absolute Gasteiger partial charge is 0.469 e. The maximum atomic E-state index is 13.5. The van der Waals surface area contributed by atoms with Crippen LogP contribution in [0.2, 0.25) is 0 Å². The van der Waals surface area contributed by atoms with E-state index in [0.717, 1.165) is 27.7 Å². The number of halogens is 1. The molecular formula is C23H24FNO3. The number of para-hydroxylation sites is 1. The van der Waals surface area contributed by atoms with Crippen LogP contribution in [-0.2, 0) is 9.53 Å². The van der Waals surface area contributed by atoms with E-state index in [-0.39, 0.29) is 18.3 Å². The number of aromatic nitrogens is 1. The van der Waals surface area contributed by atoms with Gasteiger partial charge in [0.15, 0.2) is 0 Å². The van der Waals surface area contributed by atoms with Crippen molar-refractivity contribution in [3.63, 3.8) is 0 Å². The average molecular weight is 381 g/mol. The summed E-state index contributed by atoms with van der Waals surface area (Å²) in [5.41, 5.74) is 3.80. The van der Waals surface area contributed by atoms with Gasteiger partial charge >= 0.3 is 5.97 Å². The van der Waals surface area contributed by atoms with E-state index in [0.29, 0.717) is 0 Å². The van der Waals surface area contributed by atoms with Crippen LogP contribution in [0, 0.1) is 5.82 Å². The zero-order chi connectivity index (χ0) is 20.3. The Hall–Kier alpha value is -2.92. The molecule has 0 saturated carbocycles. The molecular weight excluding hydrogens is 357 g/mol. The highest BCUT2D eigenvalue weighted by atomic mass is 19.1. The van der Waals surface area contributed by atoms with Crippen LogP contribution in [-0.4, -0.2) is 28.9 Å². The highest BCUT2D eigenvalue weighted by Crippen LogP contribution is 2.37. The molecule has 146 valence electrons. The van der Waals surface area contributed by atoms with Gasteiger partial charge in [-0.2, -0.15) is 0 Å². The van der Waals surface area contributed by atoms with E-state index >= 15 is 0 Å². The molecule has 28 heavy (non-hydrogen) atoms. The number of hydrogen-bond donors (Lipinski definition) is 1. The molecule has 0 aliphatic heterocycles. The van der Waals surface area contributed by atoms with Crippen LogP contribution < -0.4 is 0 Å². The summed E-state index contributed by atoms with van der Waals surface area (Å²) in [7, 11) is 1.29. The van der Waals surface area contributed by atoms with Gasteiger partial charge in [0.05, 0.1) is 19.6 Å². The molecule has 1 atom stereocenters. The average Bonchev–Trinajstić information content (AvgIpc) is 3.01. The molecule has 0 amide bonds. The van der Waals surface area contributed by atoms with Gasteiger partial charge in [-0.3, -0.25) is 4.79 Å². The summed E-state index contributed by atoms with van der Waals surface area (Å²) in [4.78, 5) is 11.4. The van der Waals surface area contributed by atoms with Gasteiger partial charge in [0.1, 0.15) is 5.82 Å². The first-order chi connectivity index (χ1) is 13.4. The van der Waals surface area contributed by atoms with Crippen LogP contribution >= 0.6 is 0 Å². The molecule has 1 heterocycles. The Labute approximate surface area is 163 Å². The van der Waals surface area contributed by atoms with E-state index in [2.05, 4.69) is 23.2 Å². The summed E-state index contributed by atoms with van der Waals surface area (Å²) < 4.78 is 20.3. The molecule has 0 spiro atoms. The SMILES string of the molecule is COC(=O)CC(O)C=Cc1c(-c2ccc(F)cc2)c2ccccc2n1C(C)C. The number of aliphatic hydroxyl groups is 1. The van der Waals surface area contributed by atoms with E-state index in [1.807, 2.05) is 30.3 Å². The van der Waals surface area contributed by atoms with Crippen molar-refractivity contribution in [1.29, 1.82) is 0 Å². The minimum Gasteiger partial charge on any atom is -0.469 e. The first kappa shape index (κ1) is 19.8. The Balaban J connectivity index is 2.18. The lowest BCUT2D eigenvalue weighted by Crippen LogP contribution is -2.12. The lowest BCUT2D eigenvalue weighted by Gasteiger charge is -2.14. The monoisotopic (exact) mass is 381 g/mol. The van der Waals surface area contributed by atoms with E-state index < -0.39 is 12.1 Å². The van der Waals surface area contributed by atoms with Gasteiger partial charge in [-0.15, -0.1) is 0 Å². The third-order valence-electron chi connectivity index (χ3n) is 4.68. The van der Waals surface area contributed by atoms with Crippen molar-refractivity contribution < 1.29 is 19.0 Å². The maximum absolute atomic E-state index is 13.5. The van der Waals surface area contributed by atoms with Crippen molar-refractivity contribution in [2.45, 2.75) is 32.4 Å². The maximum Gasteiger partial charge on any atom is 0.308 e. The summed E-state index contributed by atoms with van der Waals surface area (Å²) in [6, 6.07) is 14.6. The van der Waals surface area contributed by atoms with Crippen LogP contribution in [0.3, 0.4) is 0 Å². The summed E-state index contributed by atoms with van der Waals surface area (Å²) in [5.74, 6) is -0.762. The Kier molecular flexibility index (Phi) is 5.95. The molecule has 3 rings (SSSR count). The van der Waals surface area contributed by atoms with Gasteiger partial charge in [-0.05, 0) is 43.7 Å². The molecule has 5 heteroatoms. The van der Waals surface area contributed by atoms with Crippen molar-refractivity contribution in [2.75, 3.05) is 7.11 Å². The normalized spacial score (nSPS) is 12.8. The fourth-order valence-corrected chi connectivity index (χ4v) is 3.45. The topological polar surface area (TPSA) is 51.5 Å². The second-order valence-electron chi connectivity index (χ2n) is 6.95. The zero-order valence-electron chi connectivity index (χ0n) is 16.2. The van der Waals surface area contributed by atoms with Crippen LogP contribution in [0.15, 0.2) is 54.6 Å². The number of ether oxygens (including phenoxy) is 1. The minimum atomic E-state index is -0.952. The Morgan fingerprint density at radius 3 is 2.50 bits per heavy atom. The number of rotatable bonds is 6. The minimum absolute atomic E-state index is 0.110. The number of benzene rings is 2. The summed E-state index contributed by atoms with van der Waals surface area (Å²) >= 11 is 0. The molecule has 1 N–H and O–H groups in total. The van der Waals surface area contributed by atoms with E-state index in [9.17, 15) is 14.3 Å². The Bertz CT molecular complexity index is 1000. The smallest absolute Gasteiger partial charge is 0.308 e. The Morgan fingerprint density at radius 2 is 1.86 bits per heavy atom. The molecule has 0 aliphatic carbocycles. The van der Waals surface area contributed by atoms with E-state index in [1.165, 1.54) is 19.2 Å². The van der Waals surface area contributed by atoms with Crippen molar-refractivity contribution in [3.8, 4) is 11.1 Å². The van der Waals surface area contributed by atoms with Crippen LogP contribution in [0.1, 0.15) is 32.0 Å². The van der Waals surface area contributed by atoms with Gasteiger partial charge in [0, 0.05) is 28.2 Å². The van der Waals surface area contributed by atoms with Crippen molar-refractivity contribution in [1.82, 2.24) is 4.57 Å². The lowest BCUT2D eigenvalue weighted by atomic mass is 10.0. The van der Waals surface area contributed by atoms with Crippen LogP contribution in [0.25, 0.3) is 28.1 Å². The second kappa shape index (κ2) is 8.40. The molecule has 0 aliphatic rings. The van der Waals surface area contributed by atoms with Crippen LogP contribution in [0.5, 0.6) is 0 Å². The van der Waals surface area contributed by atoms with Gasteiger partial charge in [-0.25, -0.2) is 4.39 Å². The van der Waals surface area contributed by atoms with Crippen molar-refractivity contribution >= 4 is 22.9 Å². The predicted octanol–water partition coefficient (Wildman–Crippen LogP) is 4.97. The number of nitrogens with zero attached hydrogens (tertiary/aromatic N) is 1. The molecule has 0 bridgehead atoms. The molecule has 0 saturated heterocycles. The molecule has 3 aromatic rings. The van der Waals surface area contributed by atoms with Gasteiger partial charge < -0.3 is 14.4 Å². The van der Waals surface area contributed by atoms with Crippen LogP contribution in [0.4, 0.5) is 4.39 Å². The molecule has 1 aromatic heterocycles. The number of methoxy groups -OCH3 is 1. The Morgan fingerprint density at radius 1 is 1.18 bits per heavy atom. The fraction of sp³-hybridized carbons (Fsp3) is 0.261. The van der Waals surface area contributed by atoms with E-state index in [1.54, 1.807) is 18.2 Å². The predicted molar refractivity (Wildman–Crippen MR) is 109 cm³/mol. The van der Waals surface area contributed by atoms with E-state index in [4.69, 9.17) is 0 Å². The van der Waals surface area contributed by atoms with Crippen molar-refractivity contribution in [3.05, 3.63) is 66.1 Å². The summed E-state index contributed by atoms with van der Waals surface area (Å²) in [6.07, 6.45) is 2.36. The lowest BCUT2D eigenvalue weighted by molar-refractivity contribution is -0.142. The molecule has 1 unspecified atom stereocenters. The van der Waals surface area contributed by atoms with Gasteiger partial charge in [0.2, 0.25) is 0 Å². The number of hydrogen-bond acceptors (Lipinski definition) is 3. The zero-order valence-corrected chi connectivity index (χ0v) is 16.2. The van der Waals surface area contributed by atoms with Crippen molar-refractivity contribution in [2.24, 2.45) is 0 Å². The molecule has 4 nitrogen and oxygen atoms in total. The number of esters is 1. The summed E-state index contributed by atoms with van der Waals surface area (Å²) in [6.45, 7) is 4.17. The van der Waals surface area contributed by atoms with Gasteiger partial charge in [-0.1, -0.05) is 36.4 Å². The quantitative estimate of drug-likeness (QED) is 0.614. The van der Waals surface area contributed by atoms with Gasteiger partial charge in [0.25, 0.3) is 0 Å². The highest BCUT2D eigenvalue weighted by Gasteiger charge is 2.19. The second-order valence-corrected chi connectivity index (χ2v) is 6.95. The number of carbonyl (C=O) groups is 1. The standard InChI is InChI=1S/C23H24FNO3/c1-15(2)25-20-7-5-4-6-19(20)23(16-8-10-17(24)11-9-16)21(25)13-12-18(26)14-22(27)28-3/h4-13,15,18,26H,14H2,1-3H3. The summed E-state index contributed by atoms with van der Waals surface area (Å²) in [5, 5.41) is 11.2. The first-order valence-electron chi connectivity index (χ1n) is 9.24. The molecule has 0 fully saturated rings. The highest BCUT2D eigenvalue weighted by molar-refractivity contribution is 6.01. The fourth-order valence-electron chi connectivity index (χ4n) is 3.45.